The summed E-state index contributed by atoms with van der Waals surface area (Å²) in [6.45, 7) is 1.86. The summed E-state index contributed by atoms with van der Waals surface area (Å²) in [6.07, 6.45) is 3.45. The SMILES string of the molecule is Cc1nc(Cc2cccc(F)c2F)nc2cnccc12. The van der Waals surface area contributed by atoms with Crippen LogP contribution in [0, 0.1) is 18.6 Å². The van der Waals surface area contributed by atoms with Gasteiger partial charge in [-0.1, -0.05) is 12.1 Å². The molecular formula is C15H11F2N3. The average molecular weight is 271 g/mol. The van der Waals surface area contributed by atoms with Gasteiger partial charge in [0.05, 0.1) is 11.7 Å². The molecule has 100 valence electrons. The summed E-state index contributed by atoms with van der Waals surface area (Å²) in [4.78, 5) is 12.7. The summed E-state index contributed by atoms with van der Waals surface area (Å²) in [5.41, 5.74) is 1.74. The predicted molar refractivity (Wildman–Crippen MR) is 71.2 cm³/mol. The van der Waals surface area contributed by atoms with Crippen LogP contribution in [0.2, 0.25) is 0 Å². The van der Waals surface area contributed by atoms with Crippen molar-refractivity contribution in [3.8, 4) is 0 Å². The van der Waals surface area contributed by atoms with Gasteiger partial charge in [-0.05, 0) is 24.6 Å². The number of aryl methyl sites for hydroxylation is 1. The van der Waals surface area contributed by atoms with E-state index < -0.39 is 11.6 Å². The van der Waals surface area contributed by atoms with Crippen LogP contribution in [0.1, 0.15) is 17.1 Å². The van der Waals surface area contributed by atoms with Crippen molar-refractivity contribution in [3.05, 3.63) is 65.4 Å². The van der Waals surface area contributed by atoms with Crippen LogP contribution in [-0.4, -0.2) is 15.0 Å². The molecule has 20 heavy (non-hydrogen) atoms. The van der Waals surface area contributed by atoms with E-state index >= 15 is 0 Å². The molecule has 2 aromatic heterocycles. The molecule has 0 aliphatic heterocycles. The van der Waals surface area contributed by atoms with Crippen LogP contribution < -0.4 is 0 Å². The Balaban J connectivity index is 2.05. The first-order valence-corrected chi connectivity index (χ1v) is 6.15. The fraction of sp³-hybridized carbons (Fsp3) is 0.133. The highest BCUT2D eigenvalue weighted by Crippen LogP contribution is 2.17. The van der Waals surface area contributed by atoms with E-state index in [4.69, 9.17) is 0 Å². The monoisotopic (exact) mass is 271 g/mol. The maximum atomic E-state index is 13.7. The Morgan fingerprint density at radius 3 is 2.80 bits per heavy atom. The number of aromatic nitrogens is 3. The van der Waals surface area contributed by atoms with Gasteiger partial charge in [0.2, 0.25) is 0 Å². The maximum Gasteiger partial charge on any atom is 0.162 e. The lowest BCUT2D eigenvalue weighted by molar-refractivity contribution is 0.500. The number of rotatable bonds is 2. The summed E-state index contributed by atoms with van der Waals surface area (Å²) >= 11 is 0. The highest BCUT2D eigenvalue weighted by atomic mass is 19.2. The lowest BCUT2D eigenvalue weighted by Gasteiger charge is -2.06. The molecule has 1 aromatic carbocycles. The Hall–Kier alpha value is -2.43. The minimum atomic E-state index is -0.860. The van der Waals surface area contributed by atoms with Crippen LogP contribution in [-0.2, 0) is 6.42 Å². The second-order valence-corrected chi connectivity index (χ2v) is 4.51. The van der Waals surface area contributed by atoms with Crippen LogP contribution in [0.25, 0.3) is 10.9 Å². The summed E-state index contributed by atoms with van der Waals surface area (Å²) in [5, 5.41) is 0.906. The molecule has 0 amide bonds. The van der Waals surface area contributed by atoms with E-state index in [1.807, 2.05) is 13.0 Å². The van der Waals surface area contributed by atoms with E-state index in [0.717, 1.165) is 17.1 Å². The van der Waals surface area contributed by atoms with E-state index in [1.165, 1.54) is 12.1 Å². The number of pyridine rings is 1. The first-order chi connectivity index (χ1) is 9.65. The molecule has 0 aliphatic carbocycles. The molecule has 0 saturated heterocycles. The largest absolute Gasteiger partial charge is 0.262 e. The number of nitrogens with zero attached hydrogens (tertiary/aromatic N) is 3. The van der Waals surface area contributed by atoms with Gasteiger partial charge in [-0.25, -0.2) is 18.7 Å². The third-order valence-electron chi connectivity index (χ3n) is 3.12. The summed E-state index contributed by atoms with van der Waals surface area (Å²) in [6, 6.07) is 5.93. The number of hydrogen-bond donors (Lipinski definition) is 0. The van der Waals surface area contributed by atoms with Crippen molar-refractivity contribution in [2.75, 3.05) is 0 Å². The highest BCUT2D eigenvalue weighted by Gasteiger charge is 2.11. The van der Waals surface area contributed by atoms with Crippen molar-refractivity contribution >= 4 is 10.9 Å². The minimum Gasteiger partial charge on any atom is -0.262 e. The van der Waals surface area contributed by atoms with Gasteiger partial charge in [-0.2, -0.15) is 0 Å². The van der Waals surface area contributed by atoms with Crippen molar-refractivity contribution in [2.24, 2.45) is 0 Å². The molecule has 0 unspecified atom stereocenters. The van der Waals surface area contributed by atoms with Gasteiger partial charge in [-0.3, -0.25) is 4.98 Å². The minimum absolute atomic E-state index is 0.148. The molecule has 5 heteroatoms. The first-order valence-electron chi connectivity index (χ1n) is 6.15. The molecule has 0 saturated carbocycles. The van der Waals surface area contributed by atoms with Gasteiger partial charge in [-0.15, -0.1) is 0 Å². The molecule has 0 radical (unpaired) electrons. The molecule has 0 bridgehead atoms. The molecule has 0 N–H and O–H groups in total. The second kappa shape index (κ2) is 4.92. The smallest absolute Gasteiger partial charge is 0.162 e. The molecule has 0 fully saturated rings. The number of benzene rings is 1. The van der Waals surface area contributed by atoms with Gasteiger partial charge in [0.1, 0.15) is 5.82 Å². The molecule has 3 rings (SSSR count). The van der Waals surface area contributed by atoms with Crippen LogP contribution >= 0.6 is 0 Å². The molecule has 2 heterocycles. The predicted octanol–water partition coefficient (Wildman–Crippen LogP) is 3.20. The number of fused-ring (bicyclic) bond motifs is 1. The van der Waals surface area contributed by atoms with Crippen molar-refractivity contribution < 1.29 is 8.78 Å². The van der Waals surface area contributed by atoms with Gasteiger partial charge in [0.15, 0.2) is 11.6 Å². The third-order valence-corrected chi connectivity index (χ3v) is 3.12. The topological polar surface area (TPSA) is 38.7 Å². The fourth-order valence-corrected chi connectivity index (χ4v) is 2.13. The summed E-state index contributed by atoms with van der Waals surface area (Å²) < 4.78 is 26.8. The normalized spacial score (nSPS) is 10.9. The Kier molecular flexibility index (Phi) is 3.10. The van der Waals surface area contributed by atoms with E-state index in [2.05, 4.69) is 15.0 Å². The quantitative estimate of drug-likeness (QED) is 0.718. The second-order valence-electron chi connectivity index (χ2n) is 4.51. The summed E-state index contributed by atoms with van der Waals surface area (Å²) in [5.74, 6) is -1.26. The molecule has 3 nitrogen and oxygen atoms in total. The Morgan fingerprint density at radius 1 is 1.10 bits per heavy atom. The molecule has 3 aromatic rings. The van der Waals surface area contributed by atoms with Crippen LogP contribution in [0.3, 0.4) is 0 Å². The van der Waals surface area contributed by atoms with E-state index in [1.54, 1.807) is 12.4 Å². The number of hydrogen-bond acceptors (Lipinski definition) is 3. The van der Waals surface area contributed by atoms with Crippen LogP contribution in [0.5, 0.6) is 0 Å². The van der Waals surface area contributed by atoms with E-state index in [9.17, 15) is 8.78 Å². The van der Waals surface area contributed by atoms with Crippen molar-refractivity contribution in [2.45, 2.75) is 13.3 Å². The molecule has 0 atom stereocenters. The fourth-order valence-electron chi connectivity index (χ4n) is 2.13. The van der Waals surface area contributed by atoms with Gasteiger partial charge >= 0.3 is 0 Å². The van der Waals surface area contributed by atoms with Crippen LogP contribution in [0.4, 0.5) is 8.78 Å². The van der Waals surface area contributed by atoms with Crippen LogP contribution in [0.15, 0.2) is 36.7 Å². The highest BCUT2D eigenvalue weighted by molar-refractivity contribution is 5.79. The van der Waals surface area contributed by atoms with Crippen molar-refractivity contribution in [1.82, 2.24) is 15.0 Å². The zero-order valence-electron chi connectivity index (χ0n) is 10.8. The lowest BCUT2D eigenvalue weighted by atomic mass is 10.1. The first kappa shape index (κ1) is 12.6. The molecule has 0 aliphatic rings. The van der Waals surface area contributed by atoms with Gasteiger partial charge < -0.3 is 0 Å². The zero-order chi connectivity index (χ0) is 14.1. The maximum absolute atomic E-state index is 13.7. The molecule has 0 spiro atoms. The van der Waals surface area contributed by atoms with Crippen molar-refractivity contribution in [3.63, 3.8) is 0 Å². The van der Waals surface area contributed by atoms with Gasteiger partial charge in [0.25, 0.3) is 0 Å². The Morgan fingerprint density at radius 2 is 1.95 bits per heavy atom. The Labute approximate surface area is 114 Å². The third kappa shape index (κ3) is 2.22. The zero-order valence-corrected chi connectivity index (χ0v) is 10.8. The van der Waals surface area contributed by atoms with E-state index in [-0.39, 0.29) is 12.0 Å². The Bertz CT molecular complexity index is 787. The van der Waals surface area contributed by atoms with E-state index in [0.29, 0.717) is 11.3 Å². The molecular weight excluding hydrogens is 260 g/mol. The lowest BCUT2D eigenvalue weighted by Crippen LogP contribution is -2.02. The van der Waals surface area contributed by atoms with Gasteiger partial charge in [0, 0.05) is 23.7 Å². The summed E-state index contributed by atoms with van der Waals surface area (Å²) in [7, 11) is 0. The van der Waals surface area contributed by atoms with Crippen molar-refractivity contribution in [1.29, 1.82) is 0 Å². The standard InChI is InChI=1S/C15H11F2N3/c1-9-11-5-6-18-8-13(11)20-14(19-9)7-10-3-2-4-12(16)15(10)17/h2-6,8H,7H2,1H3. The average Bonchev–Trinajstić information content (AvgIpc) is 2.44. The number of halogens is 2.